The Balaban J connectivity index is 2.44. The van der Waals surface area contributed by atoms with Crippen LogP contribution < -0.4 is 10.5 Å². The lowest BCUT2D eigenvalue weighted by Gasteiger charge is -2.15. The maximum absolute atomic E-state index is 6.14. The summed E-state index contributed by atoms with van der Waals surface area (Å²) in [6.07, 6.45) is 4.88. The molecule has 0 aliphatic carbocycles. The molecule has 2 aromatic rings. The molecule has 0 saturated carbocycles. The summed E-state index contributed by atoms with van der Waals surface area (Å²) in [6.45, 7) is 0. The van der Waals surface area contributed by atoms with E-state index in [1.165, 1.54) is 0 Å². The molecule has 2 rings (SSSR count). The highest BCUT2D eigenvalue weighted by molar-refractivity contribution is 6.31. The van der Waals surface area contributed by atoms with E-state index in [1.54, 1.807) is 37.8 Å². The highest BCUT2D eigenvalue weighted by Gasteiger charge is 2.17. The van der Waals surface area contributed by atoms with Gasteiger partial charge < -0.3 is 10.5 Å². The number of ether oxygens (including phenoxy) is 1. The molecule has 0 saturated heterocycles. The van der Waals surface area contributed by atoms with Gasteiger partial charge in [-0.15, -0.1) is 0 Å². The van der Waals surface area contributed by atoms with Crippen LogP contribution in [0.3, 0.4) is 0 Å². The van der Waals surface area contributed by atoms with Crippen molar-refractivity contribution >= 4 is 11.6 Å². The van der Waals surface area contributed by atoms with Crippen LogP contribution in [0.2, 0.25) is 5.02 Å². The predicted octanol–water partition coefficient (Wildman–Crippen LogP) is 2.19. The van der Waals surface area contributed by atoms with E-state index in [0.29, 0.717) is 16.5 Å². The predicted molar refractivity (Wildman–Crippen MR) is 66.1 cm³/mol. The van der Waals surface area contributed by atoms with Crippen molar-refractivity contribution in [2.24, 2.45) is 5.73 Å². The third kappa shape index (κ3) is 2.38. The summed E-state index contributed by atoms with van der Waals surface area (Å²) in [7, 11) is 1.58. The van der Waals surface area contributed by atoms with Gasteiger partial charge in [-0.2, -0.15) is 0 Å². The molecule has 17 heavy (non-hydrogen) atoms. The molecule has 88 valence electrons. The molecule has 0 amide bonds. The highest BCUT2D eigenvalue weighted by atomic mass is 35.5. The Bertz CT molecular complexity index is 519. The molecule has 5 heteroatoms. The number of methoxy groups -OCH3 is 1. The van der Waals surface area contributed by atoms with Crippen molar-refractivity contribution < 1.29 is 4.74 Å². The second kappa shape index (κ2) is 5.12. The van der Waals surface area contributed by atoms with Gasteiger partial charge in [0.05, 0.1) is 18.2 Å². The van der Waals surface area contributed by atoms with Gasteiger partial charge in [0.2, 0.25) is 0 Å². The Morgan fingerprint density at radius 1 is 1.35 bits per heavy atom. The van der Waals surface area contributed by atoms with E-state index in [-0.39, 0.29) is 0 Å². The first-order valence-corrected chi connectivity index (χ1v) is 5.45. The molecule has 4 nitrogen and oxygen atoms in total. The molecular formula is C12H12ClN3O. The normalized spacial score (nSPS) is 12.2. The quantitative estimate of drug-likeness (QED) is 0.906. The van der Waals surface area contributed by atoms with E-state index in [9.17, 15) is 0 Å². The number of rotatable bonds is 3. The molecule has 1 atom stereocenters. The fourth-order valence-corrected chi connectivity index (χ4v) is 1.83. The molecule has 0 aliphatic rings. The van der Waals surface area contributed by atoms with Crippen LogP contribution in [0.1, 0.15) is 17.3 Å². The standard InChI is InChI=1S/C12H12ClN3O/c1-17-10-3-2-5-16-12(10)11(14)8-4-6-15-7-9(8)13/h2-7,11H,14H2,1H3. The minimum absolute atomic E-state index is 0.429. The first-order valence-electron chi connectivity index (χ1n) is 5.08. The van der Waals surface area contributed by atoms with Crippen LogP contribution in [0.25, 0.3) is 0 Å². The minimum Gasteiger partial charge on any atom is -0.495 e. The Hall–Kier alpha value is -1.65. The van der Waals surface area contributed by atoms with Crippen LogP contribution in [-0.2, 0) is 0 Å². The number of hydrogen-bond donors (Lipinski definition) is 1. The number of nitrogens with zero attached hydrogens (tertiary/aromatic N) is 2. The number of nitrogens with two attached hydrogens (primary N) is 1. The van der Waals surface area contributed by atoms with Crippen molar-refractivity contribution in [1.29, 1.82) is 0 Å². The zero-order valence-electron chi connectivity index (χ0n) is 9.30. The lowest BCUT2D eigenvalue weighted by molar-refractivity contribution is 0.404. The van der Waals surface area contributed by atoms with Gasteiger partial charge in [0.1, 0.15) is 11.4 Å². The smallest absolute Gasteiger partial charge is 0.142 e. The van der Waals surface area contributed by atoms with E-state index in [4.69, 9.17) is 22.1 Å². The van der Waals surface area contributed by atoms with Crippen LogP contribution in [0.15, 0.2) is 36.8 Å². The minimum atomic E-state index is -0.429. The Kier molecular flexibility index (Phi) is 3.56. The summed E-state index contributed by atoms with van der Waals surface area (Å²) in [4.78, 5) is 8.16. The van der Waals surface area contributed by atoms with Crippen LogP contribution >= 0.6 is 11.6 Å². The second-order valence-electron chi connectivity index (χ2n) is 3.47. The van der Waals surface area contributed by atoms with Crippen LogP contribution in [0.4, 0.5) is 0 Å². The van der Waals surface area contributed by atoms with E-state index in [2.05, 4.69) is 9.97 Å². The summed E-state index contributed by atoms with van der Waals surface area (Å²) < 4.78 is 5.23. The SMILES string of the molecule is COc1cccnc1C(N)c1ccncc1Cl. The summed E-state index contributed by atoms with van der Waals surface area (Å²) in [6, 6.07) is 4.96. The zero-order chi connectivity index (χ0) is 12.3. The van der Waals surface area contributed by atoms with Crippen molar-refractivity contribution in [3.05, 3.63) is 53.1 Å². The van der Waals surface area contributed by atoms with Crippen molar-refractivity contribution in [1.82, 2.24) is 9.97 Å². The van der Waals surface area contributed by atoms with Crippen molar-refractivity contribution in [3.8, 4) is 5.75 Å². The van der Waals surface area contributed by atoms with Crippen LogP contribution in [0, 0.1) is 0 Å². The molecule has 2 aromatic heterocycles. The van der Waals surface area contributed by atoms with Crippen LogP contribution in [-0.4, -0.2) is 17.1 Å². The Morgan fingerprint density at radius 3 is 2.88 bits per heavy atom. The van der Waals surface area contributed by atoms with Crippen molar-refractivity contribution in [2.75, 3.05) is 7.11 Å². The van der Waals surface area contributed by atoms with Crippen LogP contribution in [0.5, 0.6) is 5.75 Å². The third-order valence-corrected chi connectivity index (χ3v) is 2.77. The lowest BCUT2D eigenvalue weighted by atomic mass is 10.0. The molecule has 2 heterocycles. The number of pyridine rings is 2. The molecule has 1 unspecified atom stereocenters. The topological polar surface area (TPSA) is 61.0 Å². The first-order chi connectivity index (χ1) is 8.24. The Labute approximate surface area is 104 Å². The Morgan fingerprint density at radius 2 is 2.18 bits per heavy atom. The lowest BCUT2D eigenvalue weighted by Crippen LogP contribution is -2.15. The monoisotopic (exact) mass is 249 g/mol. The maximum atomic E-state index is 6.14. The number of halogens is 1. The second-order valence-corrected chi connectivity index (χ2v) is 3.87. The molecule has 0 bridgehead atoms. The van der Waals surface area contributed by atoms with E-state index in [1.807, 2.05) is 6.07 Å². The van der Waals surface area contributed by atoms with Crippen molar-refractivity contribution in [3.63, 3.8) is 0 Å². The van der Waals surface area contributed by atoms with Crippen molar-refractivity contribution in [2.45, 2.75) is 6.04 Å². The van der Waals surface area contributed by atoms with Gasteiger partial charge in [0.15, 0.2) is 0 Å². The average Bonchev–Trinajstić information content (AvgIpc) is 2.38. The molecular weight excluding hydrogens is 238 g/mol. The van der Waals surface area contributed by atoms with Gasteiger partial charge in [-0.25, -0.2) is 0 Å². The number of hydrogen-bond acceptors (Lipinski definition) is 4. The number of aromatic nitrogens is 2. The molecule has 0 spiro atoms. The molecule has 0 radical (unpaired) electrons. The fourth-order valence-electron chi connectivity index (χ4n) is 1.59. The summed E-state index contributed by atoms with van der Waals surface area (Å²) in [5.41, 5.74) is 7.57. The summed E-state index contributed by atoms with van der Waals surface area (Å²) >= 11 is 6.05. The van der Waals surface area contributed by atoms with E-state index in [0.717, 1.165) is 5.56 Å². The van der Waals surface area contributed by atoms with Gasteiger partial charge in [-0.05, 0) is 23.8 Å². The fraction of sp³-hybridized carbons (Fsp3) is 0.167. The summed E-state index contributed by atoms with van der Waals surface area (Å²) in [5.74, 6) is 0.646. The highest BCUT2D eigenvalue weighted by Crippen LogP contribution is 2.29. The molecule has 2 N–H and O–H groups in total. The van der Waals surface area contributed by atoms with Gasteiger partial charge in [0, 0.05) is 18.6 Å². The zero-order valence-corrected chi connectivity index (χ0v) is 10.1. The molecule has 0 fully saturated rings. The first kappa shape index (κ1) is 11.8. The molecule has 0 aliphatic heterocycles. The summed E-state index contributed by atoms with van der Waals surface area (Å²) in [5, 5.41) is 0.521. The van der Waals surface area contributed by atoms with Gasteiger partial charge >= 0.3 is 0 Å². The molecule has 0 aromatic carbocycles. The van der Waals surface area contributed by atoms with Gasteiger partial charge in [-0.1, -0.05) is 11.6 Å². The largest absolute Gasteiger partial charge is 0.495 e. The average molecular weight is 250 g/mol. The van der Waals surface area contributed by atoms with Gasteiger partial charge in [-0.3, -0.25) is 9.97 Å². The maximum Gasteiger partial charge on any atom is 0.142 e. The van der Waals surface area contributed by atoms with Gasteiger partial charge in [0.25, 0.3) is 0 Å². The third-order valence-electron chi connectivity index (χ3n) is 2.45. The van der Waals surface area contributed by atoms with E-state index >= 15 is 0 Å². The van der Waals surface area contributed by atoms with E-state index < -0.39 is 6.04 Å².